The molecule has 0 atom stereocenters. The first-order valence-corrected chi connectivity index (χ1v) is 6.81. The summed E-state index contributed by atoms with van der Waals surface area (Å²) in [5.41, 5.74) is 0.0500. The van der Waals surface area contributed by atoms with Gasteiger partial charge in [0, 0.05) is 13.1 Å². The van der Waals surface area contributed by atoms with Gasteiger partial charge in [0.05, 0.1) is 16.0 Å². The van der Waals surface area contributed by atoms with E-state index in [0.717, 1.165) is 18.4 Å². The zero-order valence-electron chi connectivity index (χ0n) is 10.2. The van der Waals surface area contributed by atoms with Gasteiger partial charge < -0.3 is 9.84 Å². The van der Waals surface area contributed by atoms with Gasteiger partial charge in [-0.25, -0.2) is 8.42 Å². The van der Waals surface area contributed by atoms with Crippen LogP contribution in [0.2, 0.25) is 0 Å². The summed E-state index contributed by atoms with van der Waals surface area (Å²) in [6, 6.07) is 3.44. The summed E-state index contributed by atoms with van der Waals surface area (Å²) >= 11 is 0. The minimum absolute atomic E-state index is 0.100. The number of nitrogens with one attached hydrogen (secondary N) is 2. The molecule has 20 heavy (non-hydrogen) atoms. The molecule has 0 amide bonds. The van der Waals surface area contributed by atoms with Crippen LogP contribution in [0.1, 0.15) is 0 Å². The van der Waals surface area contributed by atoms with Crippen LogP contribution in [0, 0.1) is 10.1 Å². The Kier molecular flexibility index (Phi) is 3.57. The van der Waals surface area contributed by atoms with Gasteiger partial charge in [0.2, 0.25) is 0 Å². The predicted molar refractivity (Wildman–Crippen MR) is 70.0 cm³/mol. The van der Waals surface area contributed by atoms with Gasteiger partial charge in [0.25, 0.3) is 15.7 Å². The second-order valence-corrected chi connectivity index (χ2v) is 5.39. The fraction of sp³-hybridized carbons (Fsp3) is 0.100. The van der Waals surface area contributed by atoms with E-state index in [-0.39, 0.29) is 22.0 Å². The van der Waals surface area contributed by atoms with Crippen molar-refractivity contribution in [3.05, 3.63) is 40.8 Å². The molecule has 0 fully saturated rings. The Balaban J connectivity index is 2.40. The molecule has 9 nitrogen and oxygen atoms in total. The molecule has 0 bridgehead atoms. The summed E-state index contributed by atoms with van der Waals surface area (Å²) in [5.74, 6) is 0. The minimum Gasteiger partial charge on any atom is -0.383 e. The van der Waals surface area contributed by atoms with Crippen molar-refractivity contribution < 1.29 is 17.9 Å². The molecule has 1 aromatic carbocycles. The third-order valence-electron chi connectivity index (χ3n) is 2.43. The Morgan fingerprint density at radius 3 is 2.70 bits per heavy atom. The first-order chi connectivity index (χ1) is 9.44. The Labute approximate surface area is 113 Å². The molecule has 2 rings (SSSR count). The highest BCUT2D eigenvalue weighted by Gasteiger charge is 2.20. The maximum Gasteiger partial charge on any atom is 0.292 e. The third kappa shape index (κ3) is 2.69. The van der Waals surface area contributed by atoms with Crippen molar-refractivity contribution in [2.45, 2.75) is 4.90 Å². The lowest BCUT2D eigenvalue weighted by Gasteiger charge is -2.08. The highest BCUT2D eigenvalue weighted by atomic mass is 32.2. The van der Waals surface area contributed by atoms with E-state index in [1.54, 1.807) is 0 Å². The van der Waals surface area contributed by atoms with Gasteiger partial charge in [-0.3, -0.25) is 14.8 Å². The molecule has 0 saturated heterocycles. The molecule has 0 aliphatic carbocycles. The van der Waals surface area contributed by atoms with Gasteiger partial charge >= 0.3 is 0 Å². The van der Waals surface area contributed by atoms with Crippen LogP contribution < -0.4 is 10.0 Å². The highest BCUT2D eigenvalue weighted by molar-refractivity contribution is 7.92. The Morgan fingerprint density at radius 2 is 2.15 bits per heavy atom. The lowest BCUT2D eigenvalue weighted by atomic mass is 10.3. The summed E-state index contributed by atoms with van der Waals surface area (Å²) in [7, 11) is -2.41. The lowest BCUT2D eigenvalue weighted by molar-refractivity contribution is -0.384. The maximum atomic E-state index is 12.1. The summed E-state index contributed by atoms with van der Waals surface area (Å²) in [4.78, 5) is 10.1. The number of anilines is 2. The van der Waals surface area contributed by atoms with E-state index in [4.69, 9.17) is 0 Å². The summed E-state index contributed by atoms with van der Waals surface area (Å²) < 4.78 is 30.9. The van der Waals surface area contributed by atoms with Crippen molar-refractivity contribution >= 4 is 27.1 Å². The normalized spacial score (nSPS) is 11.1. The minimum atomic E-state index is -3.87. The summed E-state index contributed by atoms with van der Waals surface area (Å²) in [5, 5.41) is 16.7. The third-order valence-corrected chi connectivity index (χ3v) is 3.81. The van der Waals surface area contributed by atoms with Crippen molar-refractivity contribution in [3.63, 3.8) is 0 Å². The molecule has 0 spiro atoms. The molecule has 0 aliphatic heterocycles. The van der Waals surface area contributed by atoms with Crippen LogP contribution in [0.4, 0.5) is 17.1 Å². The van der Waals surface area contributed by atoms with E-state index in [1.807, 2.05) is 0 Å². The fourth-order valence-electron chi connectivity index (χ4n) is 1.51. The first kappa shape index (κ1) is 13.8. The number of hydrogen-bond donors (Lipinski definition) is 2. The van der Waals surface area contributed by atoms with E-state index in [9.17, 15) is 18.5 Å². The van der Waals surface area contributed by atoms with Crippen molar-refractivity contribution in [1.82, 2.24) is 5.16 Å². The van der Waals surface area contributed by atoms with Crippen LogP contribution in [-0.2, 0) is 10.0 Å². The van der Waals surface area contributed by atoms with E-state index in [1.165, 1.54) is 19.3 Å². The number of hydrogen-bond acceptors (Lipinski definition) is 7. The predicted octanol–water partition coefficient (Wildman–Crippen LogP) is 1.43. The molecule has 10 heteroatoms. The van der Waals surface area contributed by atoms with Crippen molar-refractivity contribution in [3.8, 4) is 0 Å². The lowest BCUT2D eigenvalue weighted by Crippen LogP contribution is -2.13. The van der Waals surface area contributed by atoms with Crippen LogP contribution in [0.5, 0.6) is 0 Å². The van der Waals surface area contributed by atoms with Crippen molar-refractivity contribution in [2.75, 3.05) is 17.1 Å². The number of nitrogens with zero attached hydrogens (tertiary/aromatic N) is 2. The van der Waals surface area contributed by atoms with Crippen molar-refractivity contribution in [2.24, 2.45) is 0 Å². The molecular weight excluding hydrogens is 288 g/mol. The van der Waals surface area contributed by atoms with Crippen LogP contribution in [0.3, 0.4) is 0 Å². The monoisotopic (exact) mass is 298 g/mol. The molecule has 0 aliphatic rings. The van der Waals surface area contributed by atoms with Crippen LogP contribution in [0.25, 0.3) is 0 Å². The maximum absolute atomic E-state index is 12.1. The number of nitro benzene ring substituents is 1. The first-order valence-electron chi connectivity index (χ1n) is 5.32. The molecule has 0 unspecified atom stereocenters. The average molecular weight is 298 g/mol. The molecule has 2 N–H and O–H groups in total. The molecule has 106 valence electrons. The molecule has 0 radical (unpaired) electrons. The highest BCUT2D eigenvalue weighted by Crippen LogP contribution is 2.27. The average Bonchev–Trinajstić information content (AvgIpc) is 2.89. The molecule has 2 aromatic rings. The van der Waals surface area contributed by atoms with Crippen LogP contribution in [-0.4, -0.2) is 25.5 Å². The Hall–Kier alpha value is -2.62. The van der Waals surface area contributed by atoms with E-state index >= 15 is 0 Å². The fourth-order valence-corrected chi connectivity index (χ4v) is 2.56. The van der Waals surface area contributed by atoms with Gasteiger partial charge in [-0.1, -0.05) is 5.16 Å². The largest absolute Gasteiger partial charge is 0.383 e. The van der Waals surface area contributed by atoms with Crippen molar-refractivity contribution in [1.29, 1.82) is 0 Å². The zero-order valence-corrected chi connectivity index (χ0v) is 11.0. The quantitative estimate of drug-likeness (QED) is 0.631. The topological polar surface area (TPSA) is 127 Å². The van der Waals surface area contributed by atoms with E-state index in [2.05, 4.69) is 19.7 Å². The second kappa shape index (κ2) is 5.17. The smallest absolute Gasteiger partial charge is 0.292 e. The number of benzene rings is 1. The number of aromatic nitrogens is 1. The molecule has 0 saturated carbocycles. The second-order valence-electron chi connectivity index (χ2n) is 3.70. The van der Waals surface area contributed by atoms with E-state index < -0.39 is 14.9 Å². The van der Waals surface area contributed by atoms with Gasteiger partial charge in [0.15, 0.2) is 0 Å². The number of sulfonamides is 1. The molecular formula is C10H10N4O5S. The zero-order chi connectivity index (χ0) is 14.8. The molecule has 1 aromatic heterocycles. The Bertz CT molecular complexity index is 726. The standard InChI is InChI=1S/C10H10N4O5S/c1-11-9-4-8(2-3-10(9)14(15)16)20(17,18)13-7-5-12-19-6-7/h2-6,11,13H,1H3. The van der Waals surface area contributed by atoms with Gasteiger partial charge in [-0.15, -0.1) is 0 Å². The molecule has 1 heterocycles. The van der Waals surface area contributed by atoms with Gasteiger partial charge in [-0.2, -0.15) is 0 Å². The van der Waals surface area contributed by atoms with Crippen LogP contribution in [0.15, 0.2) is 40.1 Å². The van der Waals surface area contributed by atoms with Gasteiger partial charge in [-0.05, 0) is 12.1 Å². The Morgan fingerprint density at radius 1 is 1.40 bits per heavy atom. The summed E-state index contributed by atoms with van der Waals surface area (Å²) in [6.07, 6.45) is 2.32. The summed E-state index contributed by atoms with van der Waals surface area (Å²) in [6.45, 7) is 0. The SMILES string of the molecule is CNc1cc(S(=O)(=O)Nc2cnoc2)ccc1[N+](=O)[O-]. The van der Waals surface area contributed by atoms with Gasteiger partial charge in [0.1, 0.15) is 17.6 Å². The van der Waals surface area contributed by atoms with Crippen LogP contribution >= 0.6 is 0 Å². The number of nitro groups is 1. The van der Waals surface area contributed by atoms with E-state index in [0.29, 0.717) is 0 Å². The number of rotatable bonds is 5.